The first-order chi connectivity index (χ1) is 10.2. The molecule has 3 unspecified atom stereocenters. The van der Waals surface area contributed by atoms with E-state index in [1.807, 2.05) is 6.07 Å². The van der Waals surface area contributed by atoms with Crippen molar-refractivity contribution in [3.63, 3.8) is 0 Å². The van der Waals surface area contributed by atoms with Crippen LogP contribution in [-0.4, -0.2) is 37.1 Å². The molecule has 1 saturated carbocycles. The summed E-state index contributed by atoms with van der Waals surface area (Å²) in [6.45, 7) is 6.21. The van der Waals surface area contributed by atoms with Crippen LogP contribution >= 0.6 is 0 Å². The van der Waals surface area contributed by atoms with Crippen molar-refractivity contribution in [3.05, 3.63) is 35.9 Å². The monoisotopic (exact) mass is 292 g/mol. The van der Waals surface area contributed by atoms with Crippen LogP contribution in [0.1, 0.15) is 44.6 Å². The molecule has 0 spiro atoms. The molecule has 1 N–H and O–H groups in total. The second-order valence-corrected chi connectivity index (χ2v) is 6.37. The van der Waals surface area contributed by atoms with E-state index in [9.17, 15) is 5.11 Å². The average molecular weight is 292 g/mol. The third-order valence-corrected chi connectivity index (χ3v) is 4.04. The van der Waals surface area contributed by atoms with Gasteiger partial charge in [0.05, 0.1) is 25.4 Å². The lowest BCUT2D eigenvalue weighted by Gasteiger charge is -2.33. The van der Waals surface area contributed by atoms with Gasteiger partial charge in [0, 0.05) is 6.61 Å². The number of benzene rings is 1. The number of hydrogen-bond acceptors (Lipinski definition) is 3. The van der Waals surface area contributed by atoms with E-state index in [4.69, 9.17) is 9.47 Å². The summed E-state index contributed by atoms with van der Waals surface area (Å²) in [5.41, 5.74) is 1.36. The summed E-state index contributed by atoms with van der Waals surface area (Å²) in [5, 5.41) is 10.1. The van der Waals surface area contributed by atoms with Crippen molar-refractivity contribution in [2.75, 3.05) is 19.8 Å². The lowest BCUT2D eigenvalue weighted by Crippen LogP contribution is -2.36. The summed E-state index contributed by atoms with van der Waals surface area (Å²) in [5.74, 6) is 1.05. The smallest absolute Gasteiger partial charge is 0.0840 e. The zero-order chi connectivity index (χ0) is 15.1. The van der Waals surface area contributed by atoms with Gasteiger partial charge in [-0.15, -0.1) is 0 Å². The van der Waals surface area contributed by atoms with Crippen LogP contribution in [0.2, 0.25) is 0 Å². The van der Waals surface area contributed by atoms with E-state index in [0.717, 1.165) is 25.9 Å². The Balaban J connectivity index is 1.76. The highest BCUT2D eigenvalue weighted by Gasteiger charge is 2.30. The number of rotatable bonds is 7. The first-order valence-corrected chi connectivity index (χ1v) is 8.09. The van der Waals surface area contributed by atoms with Gasteiger partial charge in [-0.25, -0.2) is 0 Å². The highest BCUT2D eigenvalue weighted by atomic mass is 16.5. The Hall–Kier alpha value is -0.900. The fraction of sp³-hybridized carbons (Fsp3) is 0.667. The summed E-state index contributed by atoms with van der Waals surface area (Å²) in [6, 6.07) is 10.5. The Morgan fingerprint density at radius 2 is 1.90 bits per heavy atom. The second kappa shape index (κ2) is 8.52. The van der Waals surface area contributed by atoms with Gasteiger partial charge in [-0.05, 0) is 36.7 Å². The molecule has 0 radical (unpaired) electrons. The maximum Gasteiger partial charge on any atom is 0.0840 e. The molecule has 0 aromatic heterocycles. The largest absolute Gasteiger partial charge is 0.390 e. The van der Waals surface area contributed by atoms with Crippen LogP contribution in [0.4, 0.5) is 0 Å². The molecule has 1 aliphatic carbocycles. The molecular weight excluding hydrogens is 264 g/mol. The van der Waals surface area contributed by atoms with Crippen molar-refractivity contribution < 1.29 is 14.6 Å². The Morgan fingerprint density at radius 1 is 1.14 bits per heavy atom. The summed E-state index contributed by atoms with van der Waals surface area (Å²) in [7, 11) is 0. The first-order valence-electron chi connectivity index (χ1n) is 8.09. The molecule has 3 nitrogen and oxygen atoms in total. The third-order valence-electron chi connectivity index (χ3n) is 4.04. The summed E-state index contributed by atoms with van der Waals surface area (Å²) in [6.07, 6.45) is 2.35. The van der Waals surface area contributed by atoms with Crippen LogP contribution in [0.5, 0.6) is 0 Å². The molecule has 0 heterocycles. The maximum atomic E-state index is 10.1. The Labute approximate surface area is 128 Å². The van der Waals surface area contributed by atoms with Crippen LogP contribution < -0.4 is 0 Å². The predicted molar refractivity (Wildman–Crippen MR) is 84.4 cm³/mol. The average Bonchev–Trinajstić information content (AvgIpc) is 2.49. The molecule has 0 saturated heterocycles. The summed E-state index contributed by atoms with van der Waals surface area (Å²) >= 11 is 0. The standard InChI is InChI=1S/C18H28O3/c1-14(2)13-20-10-11-21-18-12-16(8-9-17(18)19)15-6-4-3-5-7-15/h3-7,14,16-19H,8-13H2,1-2H3. The molecule has 118 valence electrons. The predicted octanol–water partition coefficient (Wildman–Crippen LogP) is 3.37. The molecule has 0 bridgehead atoms. The minimum atomic E-state index is -0.338. The lowest BCUT2D eigenvalue weighted by molar-refractivity contribution is -0.0787. The molecule has 1 fully saturated rings. The van der Waals surface area contributed by atoms with E-state index < -0.39 is 0 Å². The molecule has 1 aliphatic rings. The molecule has 1 aromatic carbocycles. The van der Waals surface area contributed by atoms with Gasteiger partial charge < -0.3 is 14.6 Å². The summed E-state index contributed by atoms with van der Waals surface area (Å²) in [4.78, 5) is 0. The zero-order valence-corrected chi connectivity index (χ0v) is 13.2. The van der Waals surface area contributed by atoms with Crippen molar-refractivity contribution >= 4 is 0 Å². The van der Waals surface area contributed by atoms with Gasteiger partial charge in [0.1, 0.15) is 0 Å². The van der Waals surface area contributed by atoms with Crippen molar-refractivity contribution in [1.82, 2.24) is 0 Å². The number of aliphatic hydroxyl groups is 1. The molecule has 3 heteroatoms. The van der Waals surface area contributed by atoms with E-state index in [2.05, 4.69) is 38.1 Å². The molecule has 0 amide bonds. The van der Waals surface area contributed by atoms with Crippen molar-refractivity contribution in [3.8, 4) is 0 Å². The molecule has 0 aliphatic heterocycles. The van der Waals surface area contributed by atoms with Gasteiger partial charge in [-0.3, -0.25) is 0 Å². The molecule has 1 aromatic rings. The highest BCUT2D eigenvalue weighted by Crippen LogP contribution is 2.34. The van der Waals surface area contributed by atoms with Crippen LogP contribution in [-0.2, 0) is 9.47 Å². The highest BCUT2D eigenvalue weighted by molar-refractivity contribution is 5.20. The van der Waals surface area contributed by atoms with Crippen molar-refractivity contribution in [1.29, 1.82) is 0 Å². The fourth-order valence-electron chi connectivity index (χ4n) is 2.90. The minimum Gasteiger partial charge on any atom is -0.390 e. The van der Waals surface area contributed by atoms with Gasteiger partial charge in [0.2, 0.25) is 0 Å². The first kappa shape index (κ1) is 16.5. The molecular formula is C18H28O3. The maximum absolute atomic E-state index is 10.1. The SMILES string of the molecule is CC(C)COCCOC1CC(c2ccccc2)CCC1O. The summed E-state index contributed by atoms with van der Waals surface area (Å²) < 4.78 is 11.4. The Morgan fingerprint density at radius 3 is 2.62 bits per heavy atom. The normalized spacial score (nSPS) is 26.2. The van der Waals surface area contributed by atoms with Crippen LogP contribution in [0.3, 0.4) is 0 Å². The van der Waals surface area contributed by atoms with Crippen LogP contribution in [0, 0.1) is 5.92 Å². The number of aliphatic hydroxyl groups excluding tert-OH is 1. The fourth-order valence-corrected chi connectivity index (χ4v) is 2.90. The molecule has 3 atom stereocenters. The van der Waals surface area contributed by atoms with Crippen LogP contribution in [0.25, 0.3) is 0 Å². The van der Waals surface area contributed by atoms with E-state index in [1.165, 1.54) is 5.56 Å². The van der Waals surface area contributed by atoms with Gasteiger partial charge in [0.25, 0.3) is 0 Å². The molecule has 21 heavy (non-hydrogen) atoms. The zero-order valence-electron chi connectivity index (χ0n) is 13.2. The van der Waals surface area contributed by atoms with E-state index in [1.54, 1.807) is 0 Å². The quantitative estimate of drug-likeness (QED) is 0.783. The number of hydrogen-bond donors (Lipinski definition) is 1. The van der Waals surface area contributed by atoms with Crippen LogP contribution in [0.15, 0.2) is 30.3 Å². The van der Waals surface area contributed by atoms with E-state index in [-0.39, 0.29) is 12.2 Å². The Bertz CT molecular complexity index is 391. The Kier molecular flexibility index (Phi) is 6.68. The van der Waals surface area contributed by atoms with Crippen molar-refractivity contribution in [2.24, 2.45) is 5.92 Å². The third kappa shape index (κ3) is 5.42. The van der Waals surface area contributed by atoms with Gasteiger partial charge in [0.15, 0.2) is 0 Å². The second-order valence-electron chi connectivity index (χ2n) is 6.37. The van der Waals surface area contributed by atoms with Crippen molar-refractivity contribution in [2.45, 2.75) is 51.2 Å². The minimum absolute atomic E-state index is 0.0633. The van der Waals surface area contributed by atoms with Gasteiger partial charge >= 0.3 is 0 Å². The van der Waals surface area contributed by atoms with E-state index >= 15 is 0 Å². The lowest BCUT2D eigenvalue weighted by atomic mass is 9.81. The van der Waals surface area contributed by atoms with Gasteiger partial charge in [-0.2, -0.15) is 0 Å². The number of ether oxygens (including phenoxy) is 2. The van der Waals surface area contributed by atoms with E-state index in [0.29, 0.717) is 25.0 Å². The van der Waals surface area contributed by atoms with Gasteiger partial charge in [-0.1, -0.05) is 44.2 Å². The topological polar surface area (TPSA) is 38.7 Å². The molecule has 2 rings (SSSR count).